The maximum atomic E-state index is 6.70. The molecule has 27 heavy (non-hydrogen) atoms. The fraction of sp³-hybridized carbons (Fsp3) is 0.105. The SMILES string of the molecule is Clc1c(Nc2nsc3nccnc23)cccc1-c1ccc2c(c1)OCCO2. The zero-order chi connectivity index (χ0) is 18.2. The molecule has 134 valence electrons. The summed E-state index contributed by atoms with van der Waals surface area (Å²) in [6, 6.07) is 11.7. The number of halogens is 1. The molecule has 0 radical (unpaired) electrons. The number of ether oxygens (including phenoxy) is 2. The molecular weight excluding hydrogens is 384 g/mol. The number of fused-ring (bicyclic) bond motifs is 2. The van der Waals surface area contributed by atoms with Crippen LogP contribution in [-0.2, 0) is 0 Å². The second-order valence-electron chi connectivity index (χ2n) is 5.89. The van der Waals surface area contributed by atoms with Gasteiger partial charge in [-0.2, -0.15) is 4.37 Å². The van der Waals surface area contributed by atoms with Crippen LogP contribution < -0.4 is 14.8 Å². The highest BCUT2D eigenvalue weighted by Gasteiger charge is 2.16. The Morgan fingerprint density at radius 1 is 1.00 bits per heavy atom. The summed E-state index contributed by atoms with van der Waals surface area (Å²) < 4.78 is 15.7. The van der Waals surface area contributed by atoms with Crippen molar-refractivity contribution < 1.29 is 9.47 Å². The van der Waals surface area contributed by atoms with Gasteiger partial charge in [-0.3, -0.25) is 0 Å². The monoisotopic (exact) mass is 396 g/mol. The van der Waals surface area contributed by atoms with Gasteiger partial charge in [0.15, 0.2) is 22.1 Å². The first-order chi connectivity index (χ1) is 13.3. The third-order valence-corrected chi connectivity index (χ3v) is 5.37. The van der Waals surface area contributed by atoms with Gasteiger partial charge in [-0.1, -0.05) is 29.8 Å². The predicted molar refractivity (Wildman–Crippen MR) is 106 cm³/mol. The van der Waals surface area contributed by atoms with Crippen molar-refractivity contribution in [3.63, 3.8) is 0 Å². The summed E-state index contributed by atoms with van der Waals surface area (Å²) in [6.07, 6.45) is 3.30. The lowest BCUT2D eigenvalue weighted by atomic mass is 10.0. The van der Waals surface area contributed by atoms with E-state index in [4.69, 9.17) is 21.1 Å². The molecule has 0 bridgehead atoms. The Balaban J connectivity index is 1.53. The molecule has 4 aromatic rings. The maximum absolute atomic E-state index is 6.70. The van der Waals surface area contributed by atoms with Gasteiger partial charge in [0.25, 0.3) is 0 Å². The fourth-order valence-corrected chi connectivity index (χ4v) is 3.89. The summed E-state index contributed by atoms with van der Waals surface area (Å²) in [5, 5.41) is 3.87. The molecule has 0 unspecified atom stereocenters. The van der Waals surface area contributed by atoms with Crippen LogP contribution >= 0.6 is 23.1 Å². The number of hydrogen-bond donors (Lipinski definition) is 1. The molecule has 0 amide bonds. The molecule has 8 heteroatoms. The van der Waals surface area contributed by atoms with Crippen LogP contribution in [0.4, 0.5) is 11.5 Å². The van der Waals surface area contributed by atoms with Crippen LogP contribution in [0.3, 0.4) is 0 Å². The zero-order valence-electron chi connectivity index (χ0n) is 14.0. The van der Waals surface area contributed by atoms with Gasteiger partial charge < -0.3 is 14.8 Å². The summed E-state index contributed by atoms with van der Waals surface area (Å²) in [6.45, 7) is 1.11. The van der Waals surface area contributed by atoms with E-state index in [0.29, 0.717) is 24.1 Å². The highest BCUT2D eigenvalue weighted by molar-refractivity contribution is 7.13. The van der Waals surface area contributed by atoms with Gasteiger partial charge in [-0.05, 0) is 35.3 Å². The summed E-state index contributed by atoms with van der Waals surface area (Å²) in [4.78, 5) is 9.39. The highest BCUT2D eigenvalue weighted by atomic mass is 35.5. The first-order valence-electron chi connectivity index (χ1n) is 8.31. The van der Waals surface area contributed by atoms with Gasteiger partial charge in [0.2, 0.25) is 0 Å². The Bertz CT molecular complexity index is 1150. The number of nitrogens with one attached hydrogen (secondary N) is 1. The summed E-state index contributed by atoms with van der Waals surface area (Å²) >= 11 is 8.00. The molecule has 5 rings (SSSR count). The summed E-state index contributed by atoms with van der Waals surface area (Å²) in [5.41, 5.74) is 3.32. The normalized spacial score (nSPS) is 12.9. The molecular formula is C19H13ClN4O2S. The minimum Gasteiger partial charge on any atom is -0.486 e. The van der Waals surface area contributed by atoms with E-state index >= 15 is 0 Å². The minimum absolute atomic E-state index is 0.545. The third kappa shape index (κ3) is 2.94. The molecule has 0 aliphatic carbocycles. The third-order valence-electron chi connectivity index (χ3n) is 4.22. The van der Waals surface area contributed by atoms with Gasteiger partial charge in [0.05, 0.1) is 10.7 Å². The lowest BCUT2D eigenvalue weighted by molar-refractivity contribution is 0.171. The molecule has 0 saturated heterocycles. The molecule has 2 aromatic heterocycles. The quantitative estimate of drug-likeness (QED) is 0.530. The van der Waals surface area contributed by atoms with E-state index in [9.17, 15) is 0 Å². The van der Waals surface area contributed by atoms with E-state index in [-0.39, 0.29) is 0 Å². The topological polar surface area (TPSA) is 69.2 Å². The first kappa shape index (κ1) is 16.3. The van der Waals surface area contributed by atoms with E-state index in [0.717, 1.165) is 38.7 Å². The number of nitrogens with zero attached hydrogens (tertiary/aromatic N) is 3. The molecule has 6 nitrogen and oxygen atoms in total. The van der Waals surface area contributed by atoms with E-state index in [1.54, 1.807) is 12.4 Å². The number of rotatable bonds is 3. The lowest BCUT2D eigenvalue weighted by Gasteiger charge is -2.19. The highest BCUT2D eigenvalue weighted by Crippen LogP contribution is 2.40. The van der Waals surface area contributed by atoms with Gasteiger partial charge in [-0.15, -0.1) is 0 Å². The standard InChI is InChI=1S/C19H13ClN4O2S/c20-16-12(11-4-5-14-15(10-11)26-9-8-25-14)2-1-3-13(16)23-18-17-19(27-24-18)22-7-6-21-17/h1-7,10H,8-9H2,(H,23,24). The van der Waals surface area contributed by atoms with E-state index in [2.05, 4.69) is 19.7 Å². The molecule has 1 aliphatic heterocycles. The second kappa shape index (κ2) is 6.68. The average molecular weight is 397 g/mol. The van der Waals surface area contributed by atoms with Crippen LogP contribution in [0.15, 0.2) is 48.8 Å². The summed E-state index contributed by atoms with van der Waals surface area (Å²) in [7, 11) is 0. The molecule has 2 aromatic carbocycles. The number of benzene rings is 2. The smallest absolute Gasteiger partial charge is 0.172 e. The van der Waals surface area contributed by atoms with Crippen molar-refractivity contribution >= 4 is 45.0 Å². The van der Waals surface area contributed by atoms with Gasteiger partial charge >= 0.3 is 0 Å². The van der Waals surface area contributed by atoms with Crippen molar-refractivity contribution in [2.75, 3.05) is 18.5 Å². The van der Waals surface area contributed by atoms with Crippen LogP contribution in [0, 0.1) is 0 Å². The number of hydrogen-bond acceptors (Lipinski definition) is 7. The Labute approximate surface area is 163 Å². The molecule has 1 N–H and O–H groups in total. The van der Waals surface area contributed by atoms with Gasteiger partial charge in [0.1, 0.15) is 18.7 Å². The average Bonchev–Trinajstić information content (AvgIpc) is 3.12. The largest absolute Gasteiger partial charge is 0.486 e. The van der Waals surface area contributed by atoms with E-state index in [1.807, 2.05) is 36.4 Å². The van der Waals surface area contributed by atoms with Crippen LogP contribution in [-0.4, -0.2) is 27.6 Å². The van der Waals surface area contributed by atoms with Crippen LogP contribution in [0.25, 0.3) is 21.5 Å². The molecule has 0 saturated carbocycles. The van der Waals surface area contributed by atoms with Crippen molar-refractivity contribution in [3.05, 3.63) is 53.8 Å². The van der Waals surface area contributed by atoms with E-state index < -0.39 is 0 Å². The Morgan fingerprint density at radius 3 is 2.78 bits per heavy atom. The molecule has 0 fully saturated rings. The first-order valence-corrected chi connectivity index (χ1v) is 9.47. The Morgan fingerprint density at radius 2 is 1.85 bits per heavy atom. The Hall–Kier alpha value is -2.90. The van der Waals surface area contributed by atoms with Crippen molar-refractivity contribution in [2.24, 2.45) is 0 Å². The van der Waals surface area contributed by atoms with Gasteiger partial charge in [-0.25, -0.2) is 9.97 Å². The summed E-state index contributed by atoms with van der Waals surface area (Å²) in [5.74, 6) is 2.13. The van der Waals surface area contributed by atoms with Crippen molar-refractivity contribution in [2.45, 2.75) is 0 Å². The molecule has 0 spiro atoms. The molecule has 3 heterocycles. The fourth-order valence-electron chi connectivity index (χ4n) is 2.96. The van der Waals surface area contributed by atoms with Crippen LogP contribution in [0.5, 0.6) is 11.5 Å². The second-order valence-corrected chi connectivity index (χ2v) is 7.02. The lowest BCUT2D eigenvalue weighted by Crippen LogP contribution is -2.15. The van der Waals surface area contributed by atoms with Crippen molar-refractivity contribution in [3.8, 4) is 22.6 Å². The van der Waals surface area contributed by atoms with Gasteiger partial charge in [0, 0.05) is 18.0 Å². The van der Waals surface area contributed by atoms with Crippen molar-refractivity contribution in [1.82, 2.24) is 14.3 Å². The van der Waals surface area contributed by atoms with Crippen molar-refractivity contribution in [1.29, 1.82) is 0 Å². The Kier molecular flexibility index (Phi) is 4.03. The predicted octanol–water partition coefficient (Wildman–Crippen LogP) is 4.92. The molecule has 0 atom stereocenters. The van der Waals surface area contributed by atoms with Crippen LogP contribution in [0.2, 0.25) is 5.02 Å². The number of anilines is 2. The molecule has 1 aliphatic rings. The van der Waals surface area contributed by atoms with Crippen LogP contribution in [0.1, 0.15) is 0 Å². The van der Waals surface area contributed by atoms with E-state index in [1.165, 1.54) is 11.5 Å². The number of aromatic nitrogens is 3. The maximum Gasteiger partial charge on any atom is 0.172 e. The zero-order valence-corrected chi connectivity index (χ0v) is 15.5. The minimum atomic E-state index is 0.545.